The third-order valence-electron chi connectivity index (χ3n) is 6.06. The number of carbonyl (C=O) groups excluding carboxylic acids is 3. The lowest BCUT2D eigenvalue weighted by Crippen LogP contribution is -2.58. The van der Waals surface area contributed by atoms with E-state index in [4.69, 9.17) is 5.73 Å². The van der Waals surface area contributed by atoms with E-state index < -0.39 is 17.5 Å². The van der Waals surface area contributed by atoms with Crippen molar-refractivity contribution in [3.63, 3.8) is 0 Å². The molecule has 7 nitrogen and oxygen atoms in total. The molecule has 0 bridgehead atoms. The van der Waals surface area contributed by atoms with E-state index in [2.05, 4.69) is 18.1 Å². The van der Waals surface area contributed by atoms with Gasteiger partial charge in [0.2, 0.25) is 5.91 Å². The molecule has 0 unspecified atom stereocenters. The fraction of sp³-hybridized carbons (Fsp3) is 0.571. The number of rotatable bonds is 8. The molecule has 1 atom stereocenters. The first-order valence-corrected chi connectivity index (χ1v) is 11.5. The Balaban J connectivity index is 1.80. The Morgan fingerprint density at radius 3 is 2.45 bits per heavy atom. The minimum Gasteiger partial charge on any atom is -0.368 e. The van der Waals surface area contributed by atoms with Crippen molar-refractivity contribution >= 4 is 29.6 Å². The molecule has 2 aliphatic rings. The monoisotopic (exact) mass is 418 g/mol. The highest BCUT2D eigenvalue weighted by Crippen LogP contribution is 2.38. The minimum absolute atomic E-state index is 0.272. The van der Waals surface area contributed by atoms with Gasteiger partial charge in [-0.3, -0.25) is 19.4 Å². The van der Waals surface area contributed by atoms with Crippen LogP contribution in [0.2, 0.25) is 0 Å². The number of nitrogens with two attached hydrogens (primary N) is 1. The molecule has 0 saturated carbocycles. The number of imide groups is 1. The summed E-state index contributed by atoms with van der Waals surface area (Å²) in [5, 5.41) is 0. The third kappa shape index (κ3) is 4.43. The SMILES string of the molecule is CSC[C@H](C)N1CCC2(CC1)C(=O)N(CC(N)=O)C(=O)N2CCc1ccccc1. The van der Waals surface area contributed by atoms with Gasteiger partial charge in [-0.25, -0.2) is 4.79 Å². The Bertz CT molecular complexity index is 750. The molecule has 1 aromatic rings. The zero-order valence-electron chi connectivity index (χ0n) is 17.2. The topological polar surface area (TPSA) is 87.0 Å². The summed E-state index contributed by atoms with van der Waals surface area (Å²) in [7, 11) is 0. The normalized spacial score (nSPS) is 20.5. The van der Waals surface area contributed by atoms with Crippen molar-refractivity contribution in [2.45, 2.75) is 37.8 Å². The summed E-state index contributed by atoms with van der Waals surface area (Å²) >= 11 is 1.81. The summed E-state index contributed by atoms with van der Waals surface area (Å²) in [6.07, 6.45) is 3.92. The van der Waals surface area contributed by atoms with E-state index in [1.807, 2.05) is 42.1 Å². The van der Waals surface area contributed by atoms with Gasteiger partial charge in [-0.05, 0) is 38.0 Å². The van der Waals surface area contributed by atoms with Crippen LogP contribution >= 0.6 is 11.8 Å². The summed E-state index contributed by atoms with van der Waals surface area (Å²) in [4.78, 5) is 42.9. The van der Waals surface area contributed by atoms with Crippen LogP contribution in [0.25, 0.3) is 0 Å². The van der Waals surface area contributed by atoms with Crippen molar-refractivity contribution in [2.24, 2.45) is 5.73 Å². The van der Waals surface area contributed by atoms with Gasteiger partial charge < -0.3 is 10.6 Å². The molecule has 29 heavy (non-hydrogen) atoms. The van der Waals surface area contributed by atoms with Crippen LogP contribution in [0, 0.1) is 0 Å². The quantitative estimate of drug-likeness (QED) is 0.648. The highest BCUT2D eigenvalue weighted by atomic mass is 32.2. The van der Waals surface area contributed by atoms with Crippen molar-refractivity contribution in [3.05, 3.63) is 35.9 Å². The van der Waals surface area contributed by atoms with Gasteiger partial charge in [-0.1, -0.05) is 30.3 Å². The molecule has 0 radical (unpaired) electrons. The number of nitrogens with zero attached hydrogens (tertiary/aromatic N) is 3. The van der Waals surface area contributed by atoms with E-state index >= 15 is 0 Å². The molecule has 158 valence electrons. The Labute approximate surface area is 176 Å². The fourth-order valence-electron chi connectivity index (χ4n) is 4.44. The van der Waals surface area contributed by atoms with E-state index in [9.17, 15) is 14.4 Å². The van der Waals surface area contributed by atoms with Crippen LogP contribution in [-0.2, 0) is 16.0 Å². The van der Waals surface area contributed by atoms with E-state index in [1.165, 1.54) is 0 Å². The standard InChI is InChI=1S/C21H30N4O3S/c1-16(15-29-2)23-12-9-21(10-13-23)19(27)24(14-18(22)26)20(28)25(21)11-8-17-6-4-3-5-7-17/h3-7,16H,8-15H2,1-2H3,(H2,22,26)/t16-/m0/s1. The predicted octanol–water partition coefficient (Wildman–Crippen LogP) is 1.56. The van der Waals surface area contributed by atoms with Crippen LogP contribution in [0.1, 0.15) is 25.3 Å². The molecule has 3 rings (SSSR count). The first-order chi connectivity index (χ1) is 13.9. The Morgan fingerprint density at radius 2 is 1.86 bits per heavy atom. The second kappa shape index (κ2) is 9.17. The molecular weight excluding hydrogens is 388 g/mol. The largest absolute Gasteiger partial charge is 0.368 e. The number of thioether (sulfide) groups is 1. The van der Waals surface area contributed by atoms with Gasteiger partial charge in [-0.2, -0.15) is 11.8 Å². The number of likely N-dealkylation sites (tertiary alicyclic amines) is 1. The molecular formula is C21H30N4O3S. The first kappa shape index (κ1) is 21.6. The van der Waals surface area contributed by atoms with Crippen LogP contribution in [-0.4, -0.2) is 82.3 Å². The molecule has 2 N–H and O–H groups in total. The molecule has 2 fully saturated rings. The number of amides is 4. The molecule has 0 aromatic heterocycles. The van der Waals surface area contributed by atoms with Gasteiger partial charge in [0, 0.05) is 31.4 Å². The van der Waals surface area contributed by atoms with Crippen molar-refractivity contribution in [2.75, 3.05) is 38.2 Å². The maximum absolute atomic E-state index is 13.3. The van der Waals surface area contributed by atoms with Crippen molar-refractivity contribution in [3.8, 4) is 0 Å². The van der Waals surface area contributed by atoms with E-state index in [1.54, 1.807) is 4.90 Å². The second-order valence-electron chi connectivity index (χ2n) is 7.90. The second-order valence-corrected chi connectivity index (χ2v) is 8.81. The number of piperidine rings is 1. The van der Waals surface area contributed by atoms with Crippen LogP contribution in [0.3, 0.4) is 0 Å². The van der Waals surface area contributed by atoms with Gasteiger partial charge in [0.05, 0.1) is 0 Å². The van der Waals surface area contributed by atoms with Crippen molar-refractivity contribution in [1.82, 2.24) is 14.7 Å². The van der Waals surface area contributed by atoms with E-state index in [0.29, 0.717) is 31.8 Å². The average molecular weight is 419 g/mol. The molecule has 2 heterocycles. The smallest absolute Gasteiger partial charge is 0.328 e. The van der Waals surface area contributed by atoms with Crippen LogP contribution in [0.15, 0.2) is 30.3 Å². The number of hydrogen-bond donors (Lipinski definition) is 1. The van der Waals surface area contributed by atoms with Crippen molar-refractivity contribution in [1.29, 1.82) is 0 Å². The summed E-state index contributed by atoms with van der Waals surface area (Å²) < 4.78 is 0. The number of hydrogen-bond acceptors (Lipinski definition) is 5. The van der Waals surface area contributed by atoms with E-state index in [0.717, 1.165) is 29.3 Å². The summed E-state index contributed by atoms with van der Waals surface area (Å²) in [5.41, 5.74) is 5.56. The fourth-order valence-corrected chi connectivity index (χ4v) is 5.13. The zero-order chi connectivity index (χ0) is 21.0. The van der Waals surface area contributed by atoms with Crippen molar-refractivity contribution < 1.29 is 14.4 Å². The highest BCUT2D eigenvalue weighted by Gasteiger charge is 2.58. The molecule has 2 saturated heterocycles. The van der Waals surface area contributed by atoms with Gasteiger partial charge in [0.15, 0.2) is 0 Å². The number of primary amides is 1. The van der Waals surface area contributed by atoms with Gasteiger partial charge in [0.1, 0.15) is 12.1 Å². The highest BCUT2D eigenvalue weighted by molar-refractivity contribution is 7.98. The van der Waals surface area contributed by atoms with Gasteiger partial charge in [-0.15, -0.1) is 0 Å². The summed E-state index contributed by atoms with van der Waals surface area (Å²) in [6, 6.07) is 9.95. The average Bonchev–Trinajstić information content (AvgIpc) is 2.89. The Hall–Kier alpha value is -2.06. The molecule has 1 spiro atoms. The lowest BCUT2D eigenvalue weighted by molar-refractivity contribution is -0.138. The zero-order valence-corrected chi connectivity index (χ0v) is 18.0. The molecule has 1 aromatic carbocycles. The van der Waals surface area contributed by atoms with Crippen LogP contribution < -0.4 is 5.73 Å². The predicted molar refractivity (Wildman–Crippen MR) is 115 cm³/mol. The van der Waals surface area contributed by atoms with Gasteiger partial charge in [0.25, 0.3) is 5.91 Å². The summed E-state index contributed by atoms with van der Waals surface area (Å²) in [6.45, 7) is 3.81. The third-order valence-corrected chi connectivity index (χ3v) is 6.87. The van der Waals surface area contributed by atoms with Gasteiger partial charge >= 0.3 is 6.03 Å². The molecule has 2 aliphatic heterocycles. The number of urea groups is 1. The van der Waals surface area contributed by atoms with E-state index in [-0.39, 0.29) is 12.5 Å². The lowest BCUT2D eigenvalue weighted by atomic mass is 9.85. The first-order valence-electron chi connectivity index (χ1n) is 10.1. The minimum atomic E-state index is -0.864. The maximum Gasteiger partial charge on any atom is 0.328 e. The Kier molecular flexibility index (Phi) is 6.85. The molecule has 0 aliphatic carbocycles. The van der Waals surface area contributed by atoms with Crippen LogP contribution in [0.5, 0.6) is 0 Å². The number of carbonyl (C=O) groups is 3. The lowest BCUT2D eigenvalue weighted by Gasteiger charge is -2.44. The molecule has 8 heteroatoms. The van der Waals surface area contributed by atoms with Crippen LogP contribution in [0.4, 0.5) is 4.79 Å². The maximum atomic E-state index is 13.3. The Morgan fingerprint density at radius 1 is 1.21 bits per heavy atom. The molecule has 4 amide bonds. The number of benzene rings is 1. The summed E-state index contributed by atoms with van der Waals surface area (Å²) in [5.74, 6) is 0.0927.